The van der Waals surface area contributed by atoms with Crippen LogP contribution in [0.1, 0.15) is 34.8 Å². The van der Waals surface area contributed by atoms with Crippen LogP contribution in [-0.2, 0) is 15.7 Å². The zero-order valence-corrected chi connectivity index (χ0v) is 24.3. The Labute approximate surface area is 252 Å². The van der Waals surface area contributed by atoms with Gasteiger partial charge in [-0.2, -0.15) is 13.2 Å². The molecule has 3 N–H and O–H groups in total. The van der Waals surface area contributed by atoms with Gasteiger partial charge in [-0.1, -0.05) is 49.1 Å². The Morgan fingerprint density at radius 1 is 1.14 bits per heavy atom. The summed E-state index contributed by atoms with van der Waals surface area (Å²) < 4.78 is 84.2. The first-order chi connectivity index (χ1) is 20.2. The molecule has 1 atom stereocenters. The lowest BCUT2D eigenvalue weighted by Gasteiger charge is -2.22. The second-order valence-corrected chi connectivity index (χ2v) is 9.90. The molecule has 0 saturated heterocycles. The van der Waals surface area contributed by atoms with Gasteiger partial charge in [-0.05, 0) is 64.7 Å². The fraction of sp³-hybridized carbons (Fsp3) is 0.200. The number of rotatable bonds is 11. The van der Waals surface area contributed by atoms with Crippen LogP contribution in [0.3, 0.4) is 0 Å². The summed E-state index contributed by atoms with van der Waals surface area (Å²) in [5.41, 5.74) is 5.54. The highest BCUT2D eigenvalue weighted by atomic mass is 79.9. The number of primary amides is 1. The maximum Gasteiger partial charge on any atom is 0.416 e. The SMILES string of the molecule is C=C1C=C(CNC(=O)OCC(Oc2ccc(F)c(C(N)=O)c2F)C(=C)OC(Br)=C(C)c2ccc(C(F)(F)F)cc2)C=CC1. The third-order valence-electron chi connectivity index (χ3n) is 6.00. The van der Waals surface area contributed by atoms with Crippen LogP contribution < -0.4 is 15.8 Å². The van der Waals surface area contributed by atoms with Crippen LogP contribution in [0.5, 0.6) is 5.75 Å². The number of allylic oxidation sites excluding steroid dienone is 4. The number of hydrogen-bond donors (Lipinski definition) is 2. The largest absolute Gasteiger partial charge is 0.476 e. The number of carbonyl (C=O) groups is 2. The van der Waals surface area contributed by atoms with Gasteiger partial charge in [0.1, 0.15) is 23.7 Å². The number of halogens is 6. The molecule has 0 bridgehead atoms. The van der Waals surface area contributed by atoms with E-state index in [-0.39, 0.29) is 17.0 Å². The summed E-state index contributed by atoms with van der Waals surface area (Å²) in [7, 11) is 0. The number of nitrogens with one attached hydrogen (secondary N) is 1. The van der Waals surface area contributed by atoms with Crippen molar-refractivity contribution in [1.82, 2.24) is 5.32 Å². The van der Waals surface area contributed by atoms with E-state index in [4.69, 9.17) is 19.9 Å². The van der Waals surface area contributed by atoms with Crippen molar-refractivity contribution in [2.75, 3.05) is 13.2 Å². The molecule has 2 aromatic carbocycles. The first-order valence-corrected chi connectivity index (χ1v) is 13.3. The number of carbonyl (C=O) groups excluding carboxylic acids is 2. The van der Waals surface area contributed by atoms with Crippen molar-refractivity contribution in [3.8, 4) is 5.75 Å². The summed E-state index contributed by atoms with van der Waals surface area (Å²) in [6.07, 6.45) is -0.628. The lowest BCUT2D eigenvalue weighted by molar-refractivity contribution is -0.137. The van der Waals surface area contributed by atoms with E-state index in [1.165, 1.54) is 12.1 Å². The van der Waals surface area contributed by atoms with Crippen molar-refractivity contribution < 1.29 is 45.8 Å². The zero-order chi connectivity index (χ0) is 31.9. The lowest BCUT2D eigenvalue weighted by Crippen LogP contribution is -2.33. The van der Waals surface area contributed by atoms with Crippen molar-refractivity contribution in [3.05, 3.63) is 118 Å². The van der Waals surface area contributed by atoms with Gasteiger partial charge in [-0.25, -0.2) is 13.6 Å². The van der Waals surface area contributed by atoms with E-state index in [9.17, 15) is 31.5 Å². The maximum absolute atomic E-state index is 14.9. The van der Waals surface area contributed by atoms with Crippen LogP contribution in [0, 0.1) is 11.6 Å². The molecule has 0 aliphatic heterocycles. The smallest absolute Gasteiger partial charge is 0.416 e. The highest BCUT2D eigenvalue weighted by Gasteiger charge is 2.30. The summed E-state index contributed by atoms with van der Waals surface area (Å²) in [5.74, 6) is -4.86. The summed E-state index contributed by atoms with van der Waals surface area (Å²) in [4.78, 5) is 24.0. The average Bonchev–Trinajstić information content (AvgIpc) is 2.94. The van der Waals surface area contributed by atoms with Gasteiger partial charge in [0, 0.05) is 12.1 Å². The number of alkyl carbamates (subject to hydrolysis) is 1. The minimum absolute atomic E-state index is 0.00367. The Balaban J connectivity index is 1.80. The first-order valence-electron chi connectivity index (χ1n) is 12.5. The van der Waals surface area contributed by atoms with Crippen LogP contribution in [0.15, 0.2) is 89.4 Å². The highest BCUT2D eigenvalue weighted by molar-refractivity contribution is 9.11. The van der Waals surface area contributed by atoms with Gasteiger partial charge >= 0.3 is 12.3 Å². The third kappa shape index (κ3) is 9.05. The van der Waals surface area contributed by atoms with Gasteiger partial charge in [0.2, 0.25) is 0 Å². The van der Waals surface area contributed by atoms with Gasteiger partial charge in [0.05, 0.1) is 5.56 Å². The molecule has 0 saturated carbocycles. The van der Waals surface area contributed by atoms with Crippen LogP contribution in [0.2, 0.25) is 0 Å². The van der Waals surface area contributed by atoms with Crippen molar-refractivity contribution in [1.29, 1.82) is 0 Å². The molecule has 0 fully saturated rings. The van der Waals surface area contributed by atoms with Crippen molar-refractivity contribution in [2.24, 2.45) is 5.73 Å². The number of benzene rings is 2. The second kappa shape index (κ2) is 14.2. The molecule has 228 valence electrons. The molecular weight excluding hydrogens is 643 g/mol. The number of amides is 2. The maximum atomic E-state index is 14.9. The molecule has 2 aromatic rings. The molecular formula is C30H26BrF5N2O5. The third-order valence-corrected chi connectivity index (χ3v) is 6.75. The van der Waals surface area contributed by atoms with E-state index in [2.05, 4.69) is 34.4 Å². The Bertz CT molecular complexity index is 1510. The Kier molecular flexibility index (Phi) is 10.9. The van der Waals surface area contributed by atoms with Gasteiger partial charge in [-0.15, -0.1) is 0 Å². The van der Waals surface area contributed by atoms with E-state index in [1.807, 2.05) is 12.2 Å². The average molecular weight is 669 g/mol. The molecule has 7 nitrogen and oxygen atoms in total. The highest BCUT2D eigenvalue weighted by Crippen LogP contribution is 2.32. The van der Waals surface area contributed by atoms with Crippen LogP contribution in [-0.4, -0.2) is 31.3 Å². The summed E-state index contributed by atoms with van der Waals surface area (Å²) in [5, 5.41) is 2.54. The van der Waals surface area contributed by atoms with E-state index in [0.717, 1.165) is 35.4 Å². The number of ether oxygens (including phenoxy) is 3. The molecule has 0 spiro atoms. The first kappa shape index (κ1) is 33.1. The standard InChI is InChI=1S/C30H26BrF5N2O5/c1-16-5-4-6-19(13-16)14-38-29(40)41-15-24(43-23-12-11-22(32)25(26(23)33)28(37)39)18(3)42-27(31)17(2)20-7-9-21(10-8-20)30(34,35)36/h4,6-13,24H,1,3,5,14-15H2,2H3,(H2,37,39)(H,38,40). The van der Waals surface area contributed by atoms with Gasteiger partial charge < -0.3 is 25.3 Å². The van der Waals surface area contributed by atoms with Crippen LogP contribution in [0.4, 0.5) is 26.7 Å². The molecule has 43 heavy (non-hydrogen) atoms. The van der Waals surface area contributed by atoms with E-state index in [0.29, 0.717) is 17.6 Å². The number of nitrogens with two attached hydrogens (primary N) is 1. The van der Waals surface area contributed by atoms with E-state index < -0.39 is 59.4 Å². The molecule has 0 aromatic heterocycles. The normalized spacial score (nSPS) is 14.3. The van der Waals surface area contributed by atoms with Gasteiger partial charge in [-0.3, -0.25) is 4.79 Å². The number of alkyl halides is 3. The van der Waals surface area contributed by atoms with Crippen molar-refractivity contribution in [2.45, 2.75) is 25.6 Å². The minimum Gasteiger partial charge on any atom is -0.476 e. The van der Waals surface area contributed by atoms with Crippen LogP contribution >= 0.6 is 15.9 Å². The zero-order valence-electron chi connectivity index (χ0n) is 22.7. The molecule has 1 aliphatic rings. The fourth-order valence-corrected chi connectivity index (χ4v) is 4.13. The quantitative estimate of drug-likeness (QED) is 0.193. The summed E-state index contributed by atoms with van der Waals surface area (Å²) >= 11 is 3.19. The predicted octanol–water partition coefficient (Wildman–Crippen LogP) is 7.31. The molecule has 2 amide bonds. The molecule has 1 aliphatic carbocycles. The van der Waals surface area contributed by atoms with Gasteiger partial charge in [0.15, 0.2) is 22.3 Å². The van der Waals surface area contributed by atoms with E-state index in [1.54, 1.807) is 13.0 Å². The Morgan fingerprint density at radius 2 is 1.81 bits per heavy atom. The molecule has 3 rings (SSSR count). The predicted molar refractivity (Wildman–Crippen MR) is 153 cm³/mol. The topological polar surface area (TPSA) is 99.9 Å². The van der Waals surface area contributed by atoms with Crippen molar-refractivity contribution in [3.63, 3.8) is 0 Å². The van der Waals surface area contributed by atoms with Crippen molar-refractivity contribution >= 4 is 33.5 Å². The summed E-state index contributed by atoms with van der Waals surface area (Å²) in [6.45, 7) is 8.67. The molecule has 1 unspecified atom stereocenters. The Morgan fingerprint density at radius 3 is 2.42 bits per heavy atom. The van der Waals surface area contributed by atoms with Crippen LogP contribution in [0.25, 0.3) is 5.57 Å². The molecule has 0 heterocycles. The Hall–Kier alpha value is -4.39. The summed E-state index contributed by atoms with van der Waals surface area (Å²) in [6, 6.07) is 5.92. The second-order valence-electron chi connectivity index (χ2n) is 9.18. The number of hydrogen-bond acceptors (Lipinski definition) is 5. The monoisotopic (exact) mass is 668 g/mol. The lowest BCUT2D eigenvalue weighted by atomic mass is 10.0. The van der Waals surface area contributed by atoms with E-state index >= 15 is 0 Å². The van der Waals surface area contributed by atoms with Gasteiger partial charge in [0.25, 0.3) is 5.91 Å². The molecule has 0 radical (unpaired) electrons. The fourth-order valence-electron chi connectivity index (χ4n) is 3.69. The minimum atomic E-state index is -4.52. The molecule has 13 heteroatoms.